The second kappa shape index (κ2) is 5.82. The number of rotatable bonds is 3. The first-order chi connectivity index (χ1) is 8.93. The average molecular weight is 281 g/mol. The SMILES string of the molecule is Cc1cc(Cl)ccc1C(CN)N1CCCC(C)(C)C1. The van der Waals surface area contributed by atoms with E-state index in [1.54, 1.807) is 0 Å². The van der Waals surface area contributed by atoms with E-state index in [-0.39, 0.29) is 0 Å². The molecule has 106 valence electrons. The summed E-state index contributed by atoms with van der Waals surface area (Å²) < 4.78 is 0. The van der Waals surface area contributed by atoms with E-state index in [1.807, 2.05) is 12.1 Å². The number of piperidine rings is 1. The number of hydrogen-bond donors (Lipinski definition) is 1. The number of hydrogen-bond acceptors (Lipinski definition) is 2. The molecule has 1 aliphatic heterocycles. The van der Waals surface area contributed by atoms with Crippen LogP contribution in [0.5, 0.6) is 0 Å². The maximum absolute atomic E-state index is 6.06. The fourth-order valence-electron chi connectivity index (χ4n) is 3.22. The van der Waals surface area contributed by atoms with E-state index >= 15 is 0 Å². The molecule has 1 atom stereocenters. The highest BCUT2D eigenvalue weighted by Crippen LogP contribution is 2.34. The highest BCUT2D eigenvalue weighted by molar-refractivity contribution is 6.30. The van der Waals surface area contributed by atoms with Gasteiger partial charge in [0, 0.05) is 24.2 Å². The normalized spacial score (nSPS) is 21.3. The van der Waals surface area contributed by atoms with Gasteiger partial charge >= 0.3 is 0 Å². The Morgan fingerprint density at radius 1 is 1.42 bits per heavy atom. The van der Waals surface area contributed by atoms with Crippen molar-refractivity contribution in [3.8, 4) is 0 Å². The lowest BCUT2D eigenvalue weighted by molar-refractivity contribution is 0.0804. The molecule has 1 saturated heterocycles. The molecule has 1 heterocycles. The smallest absolute Gasteiger partial charge is 0.0473 e. The zero-order chi connectivity index (χ0) is 14.0. The van der Waals surface area contributed by atoms with Crippen molar-refractivity contribution in [3.63, 3.8) is 0 Å². The van der Waals surface area contributed by atoms with Crippen LogP contribution in [0.2, 0.25) is 5.02 Å². The van der Waals surface area contributed by atoms with Crippen LogP contribution in [0.1, 0.15) is 43.9 Å². The molecular formula is C16H25ClN2. The number of aryl methyl sites for hydroxylation is 1. The van der Waals surface area contributed by atoms with E-state index in [1.165, 1.54) is 24.0 Å². The molecule has 0 radical (unpaired) electrons. The average Bonchev–Trinajstić information content (AvgIpc) is 2.31. The number of halogens is 1. The van der Waals surface area contributed by atoms with Crippen molar-refractivity contribution in [1.29, 1.82) is 0 Å². The fourth-order valence-corrected chi connectivity index (χ4v) is 3.45. The molecule has 2 N–H and O–H groups in total. The van der Waals surface area contributed by atoms with Crippen LogP contribution < -0.4 is 5.73 Å². The van der Waals surface area contributed by atoms with Crippen LogP contribution in [-0.2, 0) is 0 Å². The molecule has 1 fully saturated rings. The van der Waals surface area contributed by atoms with Gasteiger partial charge in [-0.15, -0.1) is 0 Å². The lowest BCUT2D eigenvalue weighted by Gasteiger charge is -2.42. The lowest BCUT2D eigenvalue weighted by Crippen LogP contribution is -2.44. The van der Waals surface area contributed by atoms with E-state index in [0.29, 0.717) is 18.0 Å². The number of likely N-dealkylation sites (tertiary alicyclic amines) is 1. The molecule has 1 aromatic carbocycles. The Labute approximate surface area is 121 Å². The summed E-state index contributed by atoms with van der Waals surface area (Å²) in [5.41, 5.74) is 9.02. The second-order valence-electron chi connectivity index (χ2n) is 6.49. The molecule has 3 heteroatoms. The topological polar surface area (TPSA) is 29.3 Å². The molecule has 1 aromatic rings. The van der Waals surface area contributed by atoms with Gasteiger partial charge in [0.2, 0.25) is 0 Å². The monoisotopic (exact) mass is 280 g/mol. The maximum atomic E-state index is 6.06. The van der Waals surface area contributed by atoms with E-state index in [4.69, 9.17) is 17.3 Å². The van der Waals surface area contributed by atoms with Crippen LogP contribution in [0.4, 0.5) is 0 Å². The minimum Gasteiger partial charge on any atom is -0.329 e. The Hall–Kier alpha value is -0.570. The van der Waals surface area contributed by atoms with Gasteiger partial charge in [-0.05, 0) is 55.0 Å². The van der Waals surface area contributed by atoms with Crippen LogP contribution in [0.3, 0.4) is 0 Å². The van der Waals surface area contributed by atoms with E-state index in [0.717, 1.165) is 18.1 Å². The highest BCUT2D eigenvalue weighted by Gasteiger charge is 2.31. The van der Waals surface area contributed by atoms with Gasteiger partial charge in [-0.3, -0.25) is 4.90 Å². The van der Waals surface area contributed by atoms with Crippen molar-refractivity contribution >= 4 is 11.6 Å². The first-order valence-corrected chi connectivity index (χ1v) is 7.51. The Morgan fingerprint density at radius 2 is 2.16 bits per heavy atom. The lowest BCUT2D eigenvalue weighted by atomic mass is 9.83. The molecule has 0 aromatic heterocycles. The van der Waals surface area contributed by atoms with Gasteiger partial charge in [0.1, 0.15) is 0 Å². The first-order valence-electron chi connectivity index (χ1n) is 7.13. The third kappa shape index (κ3) is 3.50. The predicted octanol–water partition coefficient (Wildman–Crippen LogP) is 3.77. The zero-order valence-corrected chi connectivity index (χ0v) is 13.0. The van der Waals surface area contributed by atoms with Gasteiger partial charge in [0.25, 0.3) is 0 Å². The number of nitrogens with two attached hydrogens (primary N) is 1. The minimum atomic E-state index is 0.317. The van der Waals surface area contributed by atoms with Crippen LogP contribution in [-0.4, -0.2) is 24.5 Å². The quantitative estimate of drug-likeness (QED) is 0.913. The van der Waals surface area contributed by atoms with Gasteiger partial charge in [-0.2, -0.15) is 0 Å². The predicted molar refractivity (Wildman–Crippen MR) is 82.6 cm³/mol. The largest absolute Gasteiger partial charge is 0.329 e. The molecule has 0 saturated carbocycles. The Kier molecular flexibility index (Phi) is 4.54. The summed E-state index contributed by atoms with van der Waals surface area (Å²) in [5, 5.41) is 0.802. The maximum Gasteiger partial charge on any atom is 0.0473 e. The molecular weight excluding hydrogens is 256 g/mol. The minimum absolute atomic E-state index is 0.317. The summed E-state index contributed by atoms with van der Waals surface area (Å²) in [4.78, 5) is 2.54. The summed E-state index contributed by atoms with van der Waals surface area (Å²) in [6, 6.07) is 6.46. The third-order valence-corrected chi connectivity index (χ3v) is 4.42. The standard InChI is InChI=1S/C16H25ClN2/c1-12-9-13(17)5-6-14(12)15(10-18)19-8-4-7-16(2,3)11-19/h5-6,9,15H,4,7-8,10-11,18H2,1-3H3. The van der Waals surface area contributed by atoms with Crippen molar-refractivity contribution in [2.24, 2.45) is 11.1 Å². The Balaban J connectivity index is 2.24. The Bertz CT molecular complexity index is 442. The van der Waals surface area contributed by atoms with Crippen LogP contribution in [0.15, 0.2) is 18.2 Å². The molecule has 1 unspecified atom stereocenters. The van der Waals surface area contributed by atoms with Gasteiger partial charge in [-0.25, -0.2) is 0 Å². The first kappa shape index (κ1) is 14.8. The molecule has 19 heavy (non-hydrogen) atoms. The van der Waals surface area contributed by atoms with Crippen LogP contribution >= 0.6 is 11.6 Å². The van der Waals surface area contributed by atoms with E-state index in [9.17, 15) is 0 Å². The molecule has 0 amide bonds. The van der Waals surface area contributed by atoms with Crippen molar-refractivity contribution in [1.82, 2.24) is 4.90 Å². The van der Waals surface area contributed by atoms with Crippen molar-refractivity contribution in [2.75, 3.05) is 19.6 Å². The van der Waals surface area contributed by atoms with Crippen molar-refractivity contribution in [2.45, 2.75) is 39.7 Å². The molecule has 0 aliphatic carbocycles. The summed E-state index contributed by atoms with van der Waals surface area (Å²) in [5.74, 6) is 0. The van der Waals surface area contributed by atoms with Gasteiger partial charge in [0.05, 0.1) is 0 Å². The van der Waals surface area contributed by atoms with E-state index in [2.05, 4.69) is 31.7 Å². The summed E-state index contributed by atoms with van der Waals surface area (Å²) in [6.45, 7) is 9.75. The number of nitrogens with zero attached hydrogens (tertiary/aromatic N) is 1. The summed E-state index contributed by atoms with van der Waals surface area (Å²) in [7, 11) is 0. The molecule has 0 bridgehead atoms. The molecule has 1 aliphatic rings. The van der Waals surface area contributed by atoms with Crippen molar-refractivity contribution in [3.05, 3.63) is 34.3 Å². The Morgan fingerprint density at radius 3 is 2.74 bits per heavy atom. The molecule has 2 nitrogen and oxygen atoms in total. The highest BCUT2D eigenvalue weighted by atomic mass is 35.5. The van der Waals surface area contributed by atoms with Gasteiger partial charge in [-0.1, -0.05) is 31.5 Å². The second-order valence-corrected chi connectivity index (χ2v) is 6.93. The number of benzene rings is 1. The van der Waals surface area contributed by atoms with Crippen LogP contribution in [0.25, 0.3) is 0 Å². The van der Waals surface area contributed by atoms with Gasteiger partial charge in [0.15, 0.2) is 0 Å². The van der Waals surface area contributed by atoms with Gasteiger partial charge < -0.3 is 5.73 Å². The summed E-state index contributed by atoms with van der Waals surface area (Å²) >= 11 is 6.05. The fraction of sp³-hybridized carbons (Fsp3) is 0.625. The summed E-state index contributed by atoms with van der Waals surface area (Å²) in [6.07, 6.45) is 2.57. The van der Waals surface area contributed by atoms with E-state index < -0.39 is 0 Å². The third-order valence-electron chi connectivity index (χ3n) is 4.18. The van der Waals surface area contributed by atoms with Crippen LogP contribution in [0, 0.1) is 12.3 Å². The van der Waals surface area contributed by atoms with Crippen molar-refractivity contribution < 1.29 is 0 Å². The molecule has 0 spiro atoms. The zero-order valence-electron chi connectivity index (χ0n) is 12.2. The molecule has 2 rings (SSSR count).